The first kappa shape index (κ1) is 22.2. The van der Waals surface area contributed by atoms with Crippen LogP contribution in [0.4, 0.5) is 0 Å². The summed E-state index contributed by atoms with van der Waals surface area (Å²) in [6, 6.07) is 11.9. The van der Waals surface area contributed by atoms with Gasteiger partial charge in [0.2, 0.25) is 15.9 Å². The molecule has 4 rings (SSSR count). The molecular formula is C22H27N5O4S. The zero-order valence-corrected chi connectivity index (χ0v) is 19.0. The number of amides is 1. The summed E-state index contributed by atoms with van der Waals surface area (Å²) in [6.45, 7) is 0.928. The molecule has 9 nitrogen and oxygen atoms in total. The van der Waals surface area contributed by atoms with Crippen molar-refractivity contribution in [1.29, 1.82) is 0 Å². The molecule has 3 aromatic rings. The molecule has 32 heavy (non-hydrogen) atoms. The Labute approximate surface area is 187 Å². The second-order valence-corrected chi connectivity index (χ2v) is 9.88. The number of ether oxygens (including phenoxy) is 1. The summed E-state index contributed by atoms with van der Waals surface area (Å²) in [6.07, 6.45) is 4.37. The maximum absolute atomic E-state index is 12.9. The largest absolute Gasteiger partial charge is 0.497 e. The highest BCUT2D eigenvalue weighted by molar-refractivity contribution is 7.89. The molecule has 0 bridgehead atoms. The van der Waals surface area contributed by atoms with Crippen LogP contribution in [-0.2, 0) is 14.8 Å². The highest BCUT2D eigenvalue weighted by Gasteiger charge is 2.33. The SMILES string of the molecule is COc1ccc(S(=O)(=O)N(C)CCCC(=O)N2CCC[C@H]2c2nnc3ccccn23)cc1. The van der Waals surface area contributed by atoms with Crippen molar-refractivity contribution >= 4 is 21.6 Å². The smallest absolute Gasteiger partial charge is 0.242 e. The molecule has 1 atom stereocenters. The van der Waals surface area contributed by atoms with E-state index < -0.39 is 10.0 Å². The van der Waals surface area contributed by atoms with Gasteiger partial charge in [0.05, 0.1) is 18.0 Å². The number of methoxy groups -OCH3 is 1. The summed E-state index contributed by atoms with van der Waals surface area (Å²) < 4.78 is 33.8. The number of rotatable bonds is 8. The van der Waals surface area contributed by atoms with Gasteiger partial charge in [-0.2, -0.15) is 0 Å². The number of sulfonamides is 1. The molecule has 2 aromatic heterocycles. The number of hydrogen-bond donors (Lipinski definition) is 0. The minimum atomic E-state index is -3.62. The van der Waals surface area contributed by atoms with Gasteiger partial charge < -0.3 is 9.64 Å². The number of carbonyl (C=O) groups is 1. The van der Waals surface area contributed by atoms with Crippen LogP contribution in [0.5, 0.6) is 5.75 Å². The van der Waals surface area contributed by atoms with Crippen LogP contribution in [0.2, 0.25) is 0 Å². The Morgan fingerprint density at radius 3 is 2.72 bits per heavy atom. The Morgan fingerprint density at radius 2 is 1.97 bits per heavy atom. The molecule has 0 N–H and O–H groups in total. The quantitative estimate of drug-likeness (QED) is 0.516. The van der Waals surface area contributed by atoms with Gasteiger partial charge in [-0.05, 0) is 55.7 Å². The number of carbonyl (C=O) groups excluding carboxylic acids is 1. The molecule has 10 heteroatoms. The van der Waals surface area contributed by atoms with Crippen molar-refractivity contribution < 1.29 is 17.9 Å². The van der Waals surface area contributed by atoms with Gasteiger partial charge in [0.15, 0.2) is 11.5 Å². The third-order valence-corrected chi connectivity index (χ3v) is 7.71. The first-order valence-corrected chi connectivity index (χ1v) is 12.1. The number of fused-ring (bicyclic) bond motifs is 1. The van der Waals surface area contributed by atoms with Crippen LogP contribution in [0.1, 0.15) is 37.5 Å². The van der Waals surface area contributed by atoms with E-state index in [0.29, 0.717) is 18.7 Å². The van der Waals surface area contributed by atoms with Crippen molar-refractivity contribution in [3.8, 4) is 5.75 Å². The van der Waals surface area contributed by atoms with Crippen molar-refractivity contribution in [1.82, 2.24) is 23.8 Å². The van der Waals surface area contributed by atoms with Gasteiger partial charge in [0, 0.05) is 32.8 Å². The van der Waals surface area contributed by atoms with E-state index in [1.807, 2.05) is 33.7 Å². The fourth-order valence-corrected chi connectivity index (χ4v) is 5.27. The molecule has 0 unspecified atom stereocenters. The number of nitrogens with zero attached hydrogens (tertiary/aromatic N) is 5. The maximum Gasteiger partial charge on any atom is 0.242 e. The number of hydrogen-bond acceptors (Lipinski definition) is 6. The van der Waals surface area contributed by atoms with Crippen molar-refractivity contribution in [3.05, 3.63) is 54.5 Å². The van der Waals surface area contributed by atoms with Crippen LogP contribution < -0.4 is 4.74 Å². The maximum atomic E-state index is 12.9. The second kappa shape index (κ2) is 9.25. The molecule has 1 saturated heterocycles. The topological polar surface area (TPSA) is 97.1 Å². The standard InChI is InChI=1S/C22H27N5O4S/c1-25(32(29,30)18-12-10-17(31-2)11-13-18)14-6-9-21(28)26-16-5-7-19(26)22-24-23-20-8-3-4-15-27(20)22/h3-4,8,10-13,15,19H,5-7,9,14,16H2,1-2H3/t19-/m0/s1. The minimum absolute atomic E-state index is 0.00965. The van der Waals surface area contributed by atoms with E-state index >= 15 is 0 Å². The van der Waals surface area contributed by atoms with E-state index in [9.17, 15) is 13.2 Å². The molecule has 1 aliphatic rings. The van der Waals surface area contributed by atoms with Crippen LogP contribution >= 0.6 is 0 Å². The van der Waals surface area contributed by atoms with Crippen molar-refractivity contribution in [2.75, 3.05) is 27.2 Å². The molecule has 170 valence electrons. The third-order valence-electron chi connectivity index (χ3n) is 5.84. The molecule has 1 aliphatic heterocycles. The monoisotopic (exact) mass is 457 g/mol. The molecule has 1 fully saturated rings. The summed E-state index contributed by atoms with van der Waals surface area (Å²) in [7, 11) is -0.557. The number of aromatic nitrogens is 3. The van der Waals surface area contributed by atoms with Gasteiger partial charge in [0.1, 0.15) is 5.75 Å². The van der Waals surface area contributed by atoms with Gasteiger partial charge >= 0.3 is 0 Å². The van der Waals surface area contributed by atoms with E-state index in [4.69, 9.17) is 4.74 Å². The first-order chi connectivity index (χ1) is 15.4. The Hall–Kier alpha value is -2.98. The summed E-state index contributed by atoms with van der Waals surface area (Å²) in [5.41, 5.74) is 0.757. The van der Waals surface area contributed by atoms with E-state index in [2.05, 4.69) is 10.2 Å². The minimum Gasteiger partial charge on any atom is -0.497 e. The van der Waals surface area contributed by atoms with Crippen LogP contribution in [-0.4, -0.2) is 65.4 Å². The highest BCUT2D eigenvalue weighted by atomic mass is 32.2. The fraction of sp³-hybridized carbons (Fsp3) is 0.409. The van der Waals surface area contributed by atoms with Crippen LogP contribution in [0.15, 0.2) is 53.6 Å². The van der Waals surface area contributed by atoms with Gasteiger partial charge in [-0.15, -0.1) is 10.2 Å². The van der Waals surface area contributed by atoms with E-state index in [1.54, 1.807) is 12.1 Å². The van der Waals surface area contributed by atoms with E-state index in [1.165, 1.54) is 30.6 Å². The Morgan fingerprint density at radius 1 is 1.19 bits per heavy atom. The lowest BCUT2D eigenvalue weighted by Gasteiger charge is -2.24. The zero-order chi connectivity index (χ0) is 22.7. The van der Waals surface area contributed by atoms with Crippen molar-refractivity contribution in [2.24, 2.45) is 0 Å². The summed E-state index contributed by atoms with van der Waals surface area (Å²) in [4.78, 5) is 15.0. The van der Waals surface area contributed by atoms with E-state index in [-0.39, 0.29) is 29.8 Å². The van der Waals surface area contributed by atoms with Gasteiger partial charge in [0.25, 0.3) is 0 Å². The molecule has 1 aromatic carbocycles. The molecule has 0 spiro atoms. The second-order valence-electron chi connectivity index (χ2n) is 7.84. The average Bonchev–Trinajstić information content (AvgIpc) is 3.45. The fourth-order valence-electron chi connectivity index (χ4n) is 4.07. The molecular weight excluding hydrogens is 430 g/mol. The molecule has 1 amide bonds. The van der Waals surface area contributed by atoms with Crippen LogP contribution in [0.3, 0.4) is 0 Å². The van der Waals surface area contributed by atoms with Crippen molar-refractivity contribution in [3.63, 3.8) is 0 Å². The Balaban J connectivity index is 1.36. The van der Waals surface area contributed by atoms with Gasteiger partial charge in [-0.1, -0.05) is 6.07 Å². The molecule has 0 aliphatic carbocycles. The predicted octanol–water partition coefficient (Wildman–Crippen LogP) is 2.50. The molecule has 3 heterocycles. The van der Waals surface area contributed by atoms with Crippen molar-refractivity contribution in [2.45, 2.75) is 36.6 Å². The van der Waals surface area contributed by atoms with E-state index in [0.717, 1.165) is 24.3 Å². The Kier molecular flexibility index (Phi) is 6.43. The highest BCUT2D eigenvalue weighted by Crippen LogP contribution is 2.31. The number of pyridine rings is 1. The van der Waals surface area contributed by atoms with Crippen LogP contribution in [0, 0.1) is 0 Å². The Bertz CT molecular complexity index is 1190. The lowest BCUT2D eigenvalue weighted by Crippen LogP contribution is -2.33. The van der Waals surface area contributed by atoms with Crippen LogP contribution in [0.25, 0.3) is 5.65 Å². The third kappa shape index (κ3) is 4.33. The first-order valence-electron chi connectivity index (χ1n) is 10.6. The molecule has 0 saturated carbocycles. The summed E-state index contributed by atoms with van der Waals surface area (Å²) >= 11 is 0. The lowest BCUT2D eigenvalue weighted by molar-refractivity contribution is -0.132. The summed E-state index contributed by atoms with van der Waals surface area (Å²) in [5, 5.41) is 8.52. The van der Waals surface area contributed by atoms with Gasteiger partial charge in [-0.25, -0.2) is 12.7 Å². The number of likely N-dealkylation sites (tertiary alicyclic amines) is 1. The molecule has 0 radical (unpaired) electrons. The number of benzene rings is 1. The zero-order valence-electron chi connectivity index (χ0n) is 18.2. The normalized spacial score (nSPS) is 16.7. The summed E-state index contributed by atoms with van der Waals surface area (Å²) in [5.74, 6) is 1.37. The van der Waals surface area contributed by atoms with Gasteiger partial charge in [-0.3, -0.25) is 9.20 Å². The predicted molar refractivity (Wildman–Crippen MR) is 119 cm³/mol. The lowest BCUT2D eigenvalue weighted by atomic mass is 10.2. The average molecular weight is 458 g/mol.